The fraction of sp³-hybridized carbons (Fsp3) is 0.600. The van der Waals surface area contributed by atoms with Crippen LogP contribution in [0, 0.1) is 5.82 Å². The number of hydrogen-bond acceptors (Lipinski definition) is 7. The minimum absolute atomic E-state index is 0.0565. The van der Waals surface area contributed by atoms with E-state index in [9.17, 15) is 14.0 Å². The molecule has 0 bridgehead atoms. The number of rotatable bonds is 7. The summed E-state index contributed by atoms with van der Waals surface area (Å²) in [7, 11) is 0. The van der Waals surface area contributed by atoms with Gasteiger partial charge in [-0.1, -0.05) is 26.0 Å². The molecule has 2 saturated heterocycles. The summed E-state index contributed by atoms with van der Waals surface area (Å²) >= 11 is 0. The third-order valence-electron chi connectivity index (χ3n) is 8.74. The average molecular weight is 537 g/mol. The number of fused-ring (bicyclic) bond motifs is 1. The quantitative estimate of drug-likeness (QED) is 0.538. The molecule has 3 aliphatic rings. The fourth-order valence-corrected chi connectivity index (χ4v) is 6.26. The molecule has 210 valence electrons. The number of Topliss-reactive ketones (excluding diaryl/α,β-unsaturated/α-hetero) is 1. The van der Waals surface area contributed by atoms with Crippen LogP contribution < -0.4 is 4.90 Å². The third kappa shape index (κ3) is 5.70. The Balaban J connectivity index is 1.31. The van der Waals surface area contributed by atoms with Crippen molar-refractivity contribution in [3.8, 4) is 0 Å². The highest BCUT2D eigenvalue weighted by Crippen LogP contribution is 2.37. The van der Waals surface area contributed by atoms with E-state index >= 15 is 0 Å². The molecule has 1 aromatic heterocycles. The van der Waals surface area contributed by atoms with Gasteiger partial charge in [0.1, 0.15) is 23.7 Å². The molecule has 0 spiro atoms. The van der Waals surface area contributed by atoms with E-state index in [-0.39, 0.29) is 23.4 Å². The number of piperazine rings is 2. The smallest absolute Gasteiger partial charge is 0.231 e. The molecule has 3 heterocycles. The number of halogens is 1. The van der Waals surface area contributed by atoms with Gasteiger partial charge < -0.3 is 9.80 Å². The standard InChI is InChI=1S/C30H41FN6O2/c1-5-22-6-7-23(17-25(22)31)24(18-34-8-10-35(11-9-34)20(2)3)30(39)37-14-12-36(13-15-37)29-27-21(4)16-26(38)28(27)32-19-33-29/h6-7,17,19-21,24H,5,8-16,18H2,1-4H3/t21?,24-/m1/s1. The number of amides is 1. The molecule has 0 N–H and O–H groups in total. The molecule has 2 aliphatic heterocycles. The first-order valence-corrected chi connectivity index (χ1v) is 14.4. The van der Waals surface area contributed by atoms with Gasteiger partial charge in [0.15, 0.2) is 5.78 Å². The zero-order valence-corrected chi connectivity index (χ0v) is 23.7. The average Bonchev–Trinajstić information content (AvgIpc) is 3.24. The van der Waals surface area contributed by atoms with Crippen LogP contribution >= 0.6 is 0 Å². The van der Waals surface area contributed by atoms with E-state index in [2.05, 4.69) is 38.5 Å². The van der Waals surface area contributed by atoms with Crippen molar-refractivity contribution in [3.05, 3.63) is 52.7 Å². The van der Waals surface area contributed by atoms with E-state index in [1.54, 1.807) is 6.07 Å². The van der Waals surface area contributed by atoms with Crippen LogP contribution in [0.3, 0.4) is 0 Å². The molecule has 5 rings (SSSR count). The highest BCUT2D eigenvalue weighted by atomic mass is 19.1. The van der Waals surface area contributed by atoms with E-state index < -0.39 is 5.92 Å². The van der Waals surface area contributed by atoms with Gasteiger partial charge in [-0.05, 0) is 43.4 Å². The Labute approximate surface area is 231 Å². The van der Waals surface area contributed by atoms with Crippen LogP contribution in [0.15, 0.2) is 24.5 Å². The summed E-state index contributed by atoms with van der Waals surface area (Å²) in [5.74, 6) is 0.411. The van der Waals surface area contributed by atoms with Crippen LogP contribution in [0.5, 0.6) is 0 Å². The van der Waals surface area contributed by atoms with Crippen molar-refractivity contribution in [2.24, 2.45) is 0 Å². The molecule has 8 nitrogen and oxygen atoms in total. The molecule has 1 unspecified atom stereocenters. The first-order valence-electron chi connectivity index (χ1n) is 14.4. The van der Waals surface area contributed by atoms with Crippen LogP contribution in [0.2, 0.25) is 0 Å². The van der Waals surface area contributed by atoms with E-state index in [0.29, 0.717) is 62.9 Å². The summed E-state index contributed by atoms with van der Waals surface area (Å²) in [5, 5.41) is 0. The van der Waals surface area contributed by atoms with Gasteiger partial charge in [0.05, 0.1) is 5.92 Å². The predicted molar refractivity (Wildman–Crippen MR) is 150 cm³/mol. The maximum absolute atomic E-state index is 14.9. The van der Waals surface area contributed by atoms with Crippen molar-refractivity contribution in [1.82, 2.24) is 24.7 Å². The largest absolute Gasteiger partial charge is 0.353 e. The van der Waals surface area contributed by atoms with Crippen molar-refractivity contribution >= 4 is 17.5 Å². The van der Waals surface area contributed by atoms with Crippen molar-refractivity contribution < 1.29 is 14.0 Å². The summed E-state index contributed by atoms with van der Waals surface area (Å²) in [6, 6.07) is 5.85. The van der Waals surface area contributed by atoms with Crippen LogP contribution in [-0.4, -0.2) is 101 Å². The summed E-state index contributed by atoms with van der Waals surface area (Å²) in [4.78, 5) is 44.1. The predicted octanol–water partition coefficient (Wildman–Crippen LogP) is 3.33. The molecular formula is C30H41FN6O2. The zero-order valence-electron chi connectivity index (χ0n) is 23.7. The van der Waals surface area contributed by atoms with Crippen LogP contribution in [-0.2, 0) is 11.2 Å². The first-order chi connectivity index (χ1) is 18.8. The summed E-state index contributed by atoms with van der Waals surface area (Å²) in [6.45, 7) is 15.2. The number of benzene rings is 1. The number of anilines is 1. The van der Waals surface area contributed by atoms with Crippen LogP contribution in [0.25, 0.3) is 0 Å². The summed E-state index contributed by atoms with van der Waals surface area (Å²) < 4.78 is 14.9. The maximum Gasteiger partial charge on any atom is 0.231 e. The van der Waals surface area contributed by atoms with Crippen molar-refractivity contribution in [2.45, 2.75) is 58.4 Å². The molecule has 1 aliphatic carbocycles. The van der Waals surface area contributed by atoms with E-state index in [1.807, 2.05) is 30.9 Å². The highest BCUT2D eigenvalue weighted by Gasteiger charge is 2.35. The third-order valence-corrected chi connectivity index (χ3v) is 8.74. The maximum atomic E-state index is 14.9. The molecule has 9 heteroatoms. The molecule has 1 aromatic carbocycles. The second-order valence-electron chi connectivity index (χ2n) is 11.5. The SMILES string of the molecule is CCc1ccc([C@@H](CN2CCN(C(C)C)CC2)C(=O)N2CCN(c3ncnc4c3C(C)CC4=O)CC2)cc1F. The Kier molecular flexibility index (Phi) is 8.28. The Bertz CT molecular complexity index is 1200. The van der Waals surface area contributed by atoms with Gasteiger partial charge in [-0.3, -0.25) is 19.4 Å². The minimum atomic E-state index is -0.413. The second kappa shape index (κ2) is 11.7. The number of aryl methyl sites for hydroxylation is 1. The van der Waals surface area contributed by atoms with Gasteiger partial charge in [-0.15, -0.1) is 0 Å². The monoisotopic (exact) mass is 536 g/mol. The molecular weight excluding hydrogens is 495 g/mol. The number of nitrogens with zero attached hydrogens (tertiary/aromatic N) is 6. The lowest BCUT2D eigenvalue weighted by atomic mass is 9.94. The van der Waals surface area contributed by atoms with Crippen molar-refractivity contribution in [2.75, 3.05) is 63.8 Å². The lowest BCUT2D eigenvalue weighted by molar-refractivity contribution is -0.133. The Hall–Kier alpha value is -2.91. The van der Waals surface area contributed by atoms with Crippen molar-refractivity contribution in [3.63, 3.8) is 0 Å². The molecule has 39 heavy (non-hydrogen) atoms. The Morgan fingerprint density at radius 2 is 1.77 bits per heavy atom. The van der Waals surface area contributed by atoms with Gasteiger partial charge in [-0.2, -0.15) is 0 Å². The van der Waals surface area contributed by atoms with Gasteiger partial charge in [-0.25, -0.2) is 14.4 Å². The summed E-state index contributed by atoms with van der Waals surface area (Å²) in [6.07, 6.45) is 2.58. The van der Waals surface area contributed by atoms with Gasteiger partial charge in [0, 0.05) is 76.9 Å². The van der Waals surface area contributed by atoms with Gasteiger partial charge in [0.25, 0.3) is 0 Å². The normalized spacial score (nSPS) is 21.5. The number of hydrogen-bond donors (Lipinski definition) is 0. The Morgan fingerprint density at radius 3 is 2.41 bits per heavy atom. The molecule has 0 radical (unpaired) electrons. The molecule has 0 saturated carbocycles. The first kappa shape index (κ1) is 27.6. The lowest BCUT2D eigenvalue weighted by Gasteiger charge is -2.40. The van der Waals surface area contributed by atoms with Gasteiger partial charge >= 0.3 is 0 Å². The van der Waals surface area contributed by atoms with E-state index in [0.717, 1.165) is 43.1 Å². The number of carbonyl (C=O) groups is 2. The zero-order chi connectivity index (χ0) is 27.7. The second-order valence-corrected chi connectivity index (χ2v) is 11.5. The fourth-order valence-electron chi connectivity index (χ4n) is 6.26. The summed E-state index contributed by atoms with van der Waals surface area (Å²) in [5.41, 5.74) is 2.91. The van der Waals surface area contributed by atoms with Crippen LogP contribution in [0.4, 0.5) is 10.2 Å². The molecule has 2 fully saturated rings. The van der Waals surface area contributed by atoms with Gasteiger partial charge in [0.2, 0.25) is 5.91 Å². The Morgan fingerprint density at radius 1 is 1.05 bits per heavy atom. The highest BCUT2D eigenvalue weighted by molar-refractivity contribution is 6.00. The topological polar surface area (TPSA) is 72.9 Å². The molecule has 2 aromatic rings. The number of aromatic nitrogens is 2. The molecule has 2 atom stereocenters. The lowest BCUT2D eigenvalue weighted by Crippen LogP contribution is -2.53. The minimum Gasteiger partial charge on any atom is -0.353 e. The number of ketones is 1. The van der Waals surface area contributed by atoms with Crippen LogP contribution in [0.1, 0.15) is 73.1 Å². The molecule has 1 amide bonds. The van der Waals surface area contributed by atoms with Crippen molar-refractivity contribution in [1.29, 1.82) is 0 Å². The number of carbonyl (C=O) groups excluding carboxylic acids is 2. The van der Waals surface area contributed by atoms with E-state index in [4.69, 9.17) is 0 Å². The van der Waals surface area contributed by atoms with E-state index in [1.165, 1.54) is 6.33 Å².